The van der Waals surface area contributed by atoms with Gasteiger partial charge >= 0.3 is 0 Å². The van der Waals surface area contributed by atoms with Gasteiger partial charge in [-0.25, -0.2) is 0 Å². The SMILES string of the molecule is COc1ccc(OC[C@H](C)NC(=O)CCc2ccc(Cl)c(Cl)c2)cc1. The maximum atomic E-state index is 12.0. The molecular weight excluding hydrogens is 361 g/mol. The van der Waals surface area contributed by atoms with Crippen molar-refractivity contribution < 1.29 is 14.3 Å². The molecule has 0 aromatic heterocycles. The van der Waals surface area contributed by atoms with E-state index in [0.29, 0.717) is 29.5 Å². The van der Waals surface area contributed by atoms with Gasteiger partial charge in [0.2, 0.25) is 5.91 Å². The summed E-state index contributed by atoms with van der Waals surface area (Å²) >= 11 is 11.9. The zero-order valence-electron chi connectivity index (χ0n) is 14.2. The van der Waals surface area contributed by atoms with Crippen LogP contribution in [0.25, 0.3) is 0 Å². The number of hydrogen-bond acceptors (Lipinski definition) is 3. The van der Waals surface area contributed by atoms with Crippen molar-refractivity contribution in [3.05, 3.63) is 58.1 Å². The molecule has 0 saturated carbocycles. The Balaban J connectivity index is 1.72. The predicted molar refractivity (Wildman–Crippen MR) is 101 cm³/mol. The van der Waals surface area contributed by atoms with Crippen LogP contribution in [0.5, 0.6) is 11.5 Å². The number of ether oxygens (including phenoxy) is 2. The summed E-state index contributed by atoms with van der Waals surface area (Å²) < 4.78 is 10.8. The van der Waals surface area contributed by atoms with Crippen LogP contribution in [0.4, 0.5) is 0 Å². The Morgan fingerprint density at radius 1 is 1.08 bits per heavy atom. The molecule has 2 aromatic rings. The molecule has 25 heavy (non-hydrogen) atoms. The van der Waals surface area contributed by atoms with Gasteiger partial charge in [0, 0.05) is 6.42 Å². The van der Waals surface area contributed by atoms with Crippen LogP contribution in [0.3, 0.4) is 0 Å². The third-order valence-electron chi connectivity index (χ3n) is 3.59. The summed E-state index contributed by atoms with van der Waals surface area (Å²) in [6.45, 7) is 2.30. The first-order chi connectivity index (χ1) is 12.0. The van der Waals surface area contributed by atoms with Crippen LogP contribution >= 0.6 is 23.2 Å². The van der Waals surface area contributed by atoms with Gasteiger partial charge in [0.15, 0.2) is 0 Å². The molecule has 0 unspecified atom stereocenters. The van der Waals surface area contributed by atoms with Crippen molar-refractivity contribution >= 4 is 29.1 Å². The molecule has 0 radical (unpaired) electrons. The molecule has 0 fully saturated rings. The van der Waals surface area contributed by atoms with E-state index < -0.39 is 0 Å². The quantitative estimate of drug-likeness (QED) is 0.730. The molecule has 0 aliphatic heterocycles. The Morgan fingerprint density at radius 2 is 1.76 bits per heavy atom. The molecular formula is C19H21Cl2NO3. The molecule has 4 nitrogen and oxygen atoms in total. The highest BCUT2D eigenvalue weighted by molar-refractivity contribution is 6.42. The Kier molecular flexibility index (Phi) is 7.41. The number of halogens is 2. The van der Waals surface area contributed by atoms with E-state index >= 15 is 0 Å². The average Bonchev–Trinajstić information content (AvgIpc) is 2.61. The molecule has 0 heterocycles. The lowest BCUT2D eigenvalue weighted by Crippen LogP contribution is -2.36. The molecule has 0 saturated heterocycles. The second kappa shape index (κ2) is 9.54. The minimum atomic E-state index is -0.0941. The van der Waals surface area contributed by atoms with E-state index in [4.69, 9.17) is 32.7 Å². The molecule has 0 spiro atoms. The smallest absolute Gasteiger partial charge is 0.220 e. The third-order valence-corrected chi connectivity index (χ3v) is 4.33. The normalized spacial score (nSPS) is 11.7. The maximum absolute atomic E-state index is 12.0. The first kappa shape index (κ1) is 19.4. The Hall–Kier alpha value is -1.91. The second-order valence-corrected chi connectivity index (χ2v) is 6.52. The number of carbonyl (C=O) groups excluding carboxylic acids is 1. The number of aryl methyl sites for hydroxylation is 1. The summed E-state index contributed by atoms with van der Waals surface area (Å²) in [7, 11) is 1.62. The average molecular weight is 382 g/mol. The predicted octanol–water partition coefficient (Wildman–Crippen LogP) is 4.52. The van der Waals surface area contributed by atoms with Crippen molar-refractivity contribution in [1.82, 2.24) is 5.32 Å². The number of methoxy groups -OCH3 is 1. The zero-order chi connectivity index (χ0) is 18.2. The van der Waals surface area contributed by atoms with Crippen molar-refractivity contribution in [2.75, 3.05) is 13.7 Å². The van der Waals surface area contributed by atoms with Gasteiger partial charge in [-0.05, 0) is 55.3 Å². The van der Waals surface area contributed by atoms with E-state index in [1.807, 2.05) is 37.3 Å². The summed E-state index contributed by atoms with van der Waals surface area (Å²) in [6.07, 6.45) is 0.986. The van der Waals surface area contributed by atoms with Crippen LogP contribution in [0.2, 0.25) is 10.0 Å². The topological polar surface area (TPSA) is 47.6 Å². The molecule has 134 valence electrons. The molecule has 2 rings (SSSR count). The van der Waals surface area contributed by atoms with E-state index in [1.165, 1.54) is 0 Å². The van der Waals surface area contributed by atoms with Gasteiger partial charge in [0.1, 0.15) is 18.1 Å². The number of amides is 1. The standard InChI is InChI=1S/C19H21Cl2NO3/c1-13(12-25-16-7-5-15(24-2)6-8-16)22-19(23)10-4-14-3-9-17(20)18(21)11-14/h3,5-9,11,13H,4,10,12H2,1-2H3,(H,22,23)/t13-/m0/s1. The fourth-order valence-electron chi connectivity index (χ4n) is 2.23. The highest BCUT2D eigenvalue weighted by Crippen LogP contribution is 2.23. The molecule has 1 N–H and O–H groups in total. The minimum Gasteiger partial charge on any atom is -0.497 e. The second-order valence-electron chi connectivity index (χ2n) is 5.70. The number of nitrogens with one attached hydrogen (secondary N) is 1. The number of benzene rings is 2. The minimum absolute atomic E-state index is 0.0306. The van der Waals surface area contributed by atoms with Crippen LogP contribution in [0, 0.1) is 0 Å². The summed E-state index contributed by atoms with van der Waals surface area (Å²) in [6, 6.07) is 12.6. The highest BCUT2D eigenvalue weighted by Gasteiger charge is 2.09. The largest absolute Gasteiger partial charge is 0.497 e. The molecule has 2 aromatic carbocycles. The van der Waals surface area contributed by atoms with Crippen LogP contribution in [0.15, 0.2) is 42.5 Å². The van der Waals surface area contributed by atoms with Crippen LogP contribution in [-0.2, 0) is 11.2 Å². The first-order valence-electron chi connectivity index (χ1n) is 7.98. The summed E-state index contributed by atoms with van der Waals surface area (Å²) in [5.74, 6) is 1.48. The fraction of sp³-hybridized carbons (Fsp3) is 0.316. The maximum Gasteiger partial charge on any atom is 0.220 e. The van der Waals surface area contributed by atoms with E-state index in [0.717, 1.165) is 17.1 Å². The van der Waals surface area contributed by atoms with Crippen LogP contribution in [-0.4, -0.2) is 25.7 Å². The fourth-order valence-corrected chi connectivity index (χ4v) is 2.56. The van der Waals surface area contributed by atoms with Crippen LogP contribution < -0.4 is 14.8 Å². The molecule has 0 bridgehead atoms. The van der Waals surface area contributed by atoms with Gasteiger partial charge in [0.05, 0.1) is 23.2 Å². The Labute approximate surface area is 158 Å². The van der Waals surface area contributed by atoms with E-state index in [1.54, 1.807) is 19.2 Å². The number of hydrogen-bond donors (Lipinski definition) is 1. The Morgan fingerprint density at radius 3 is 2.40 bits per heavy atom. The highest BCUT2D eigenvalue weighted by atomic mass is 35.5. The lowest BCUT2D eigenvalue weighted by atomic mass is 10.1. The molecule has 1 atom stereocenters. The summed E-state index contributed by atoms with van der Waals surface area (Å²) in [4.78, 5) is 12.0. The molecule has 6 heteroatoms. The van der Waals surface area contributed by atoms with Gasteiger partial charge in [-0.2, -0.15) is 0 Å². The monoisotopic (exact) mass is 381 g/mol. The van der Waals surface area contributed by atoms with Crippen molar-refractivity contribution in [1.29, 1.82) is 0 Å². The van der Waals surface area contributed by atoms with Gasteiger partial charge < -0.3 is 14.8 Å². The zero-order valence-corrected chi connectivity index (χ0v) is 15.7. The van der Waals surface area contributed by atoms with Gasteiger partial charge in [-0.3, -0.25) is 4.79 Å². The number of carbonyl (C=O) groups is 1. The lowest BCUT2D eigenvalue weighted by molar-refractivity contribution is -0.121. The van der Waals surface area contributed by atoms with Crippen molar-refractivity contribution in [3.8, 4) is 11.5 Å². The van der Waals surface area contributed by atoms with Crippen molar-refractivity contribution in [2.45, 2.75) is 25.8 Å². The van der Waals surface area contributed by atoms with Crippen molar-refractivity contribution in [2.24, 2.45) is 0 Å². The van der Waals surface area contributed by atoms with Gasteiger partial charge in [0.25, 0.3) is 0 Å². The lowest BCUT2D eigenvalue weighted by Gasteiger charge is -2.15. The van der Waals surface area contributed by atoms with E-state index in [9.17, 15) is 4.79 Å². The van der Waals surface area contributed by atoms with E-state index in [-0.39, 0.29) is 11.9 Å². The molecule has 1 amide bonds. The molecule has 0 aliphatic carbocycles. The summed E-state index contributed by atoms with van der Waals surface area (Å²) in [5, 5.41) is 3.94. The first-order valence-corrected chi connectivity index (χ1v) is 8.73. The van der Waals surface area contributed by atoms with Gasteiger partial charge in [-0.15, -0.1) is 0 Å². The van der Waals surface area contributed by atoms with E-state index in [2.05, 4.69) is 5.32 Å². The van der Waals surface area contributed by atoms with Crippen LogP contribution in [0.1, 0.15) is 18.9 Å². The van der Waals surface area contributed by atoms with Gasteiger partial charge in [-0.1, -0.05) is 29.3 Å². The number of rotatable bonds is 8. The Bertz CT molecular complexity index is 704. The third kappa shape index (κ3) is 6.48. The summed E-state index contributed by atoms with van der Waals surface area (Å²) in [5.41, 5.74) is 0.978. The van der Waals surface area contributed by atoms with Crippen molar-refractivity contribution in [3.63, 3.8) is 0 Å². The molecule has 0 aliphatic rings.